The first-order chi connectivity index (χ1) is 12.7. The Hall–Kier alpha value is -1.43. The summed E-state index contributed by atoms with van der Waals surface area (Å²) < 4.78 is 11.8. The normalized spacial score (nSPS) is 28.9. The monoisotopic (exact) mass is 358 g/mol. The Kier molecular flexibility index (Phi) is 5.30. The Morgan fingerprint density at radius 1 is 1.31 bits per heavy atom. The van der Waals surface area contributed by atoms with Crippen LogP contribution in [0.3, 0.4) is 0 Å². The van der Waals surface area contributed by atoms with Crippen LogP contribution < -0.4 is 5.32 Å². The zero-order chi connectivity index (χ0) is 18.0. The Labute approximate surface area is 156 Å². The van der Waals surface area contributed by atoms with Crippen LogP contribution in [0, 0.1) is 0 Å². The number of fused-ring (bicyclic) bond motifs is 1. The third kappa shape index (κ3) is 3.53. The predicted octanol–water partition coefficient (Wildman–Crippen LogP) is 2.77. The minimum atomic E-state index is -0.125. The molecular formula is C21H30N2O3. The molecule has 2 heterocycles. The van der Waals surface area contributed by atoms with Crippen LogP contribution in [0.15, 0.2) is 18.2 Å². The molecule has 2 aliphatic heterocycles. The fourth-order valence-electron chi connectivity index (χ4n) is 4.89. The molecule has 0 bridgehead atoms. The highest BCUT2D eigenvalue weighted by molar-refractivity contribution is 5.93. The molecule has 1 N–H and O–H groups in total. The second kappa shape index (κ2) is 7.67. The van der Waals surface area contributed by atoms with Crippen LogP contribution in [0.2, 0.25) is 0 Å². The number of hydrogen-bond donors (Lipinski definition) is 1. The van der Waals surface area contributed by atoms with Gasteiger partial charge in [-0.3, -0.25) is 9.69 Å². The predicted molar refractivity (Wildman–Crippen MR) is 101 cm³/mol. The molecule has 4 rings (SSSR count). The maximum Gasteiger partial charge on any atom is 0.238 e. The van der Waals surface area contributed by atoms with Crippen molar-refractivity contribution in [1.29, 1.82) is 0 Å². The van der Waals surface area contributed by atoms with Gasteiger partial charge < -0.3 is 14.8 Å². The fraction of sp³-hybridized carbons (Fsp3) is 0.667. The molecule has 2 saturated heterocycles. The first-order valence-corrected chi connectivity index (χ1v) is 10.00. The molecule has 1 aromatic rings. The number of amides is 1. The molecule has 142 valence electrons. The second-order valence-corrected chi connectivity index (χ2v) is 7.92. The molecule has 1 amide bonds. The summed E-state index contributed by atoms with van der Waals surface area (Å²) in [7, 11) is 1.76. The van der Waals surface area contributed by atoms with Crippen LogP contribution in [0.1, 0.15) is 43.2 Å². The van der Waals surface area contributed by atoms with Gasteiger partial charge in [-0.05, 0) is 62.1 Å². The summed E-state index contributed by atoms with van der Waals surface area (Å²) >= 11 is 0. The van der Waals surface area contributed by atoms with E-state index in [9.17, 15) is 4.79 Å². The summed E-state index contributed by atoms with van der Waals surface area (Å²) in [5.41, 5.74) is 3.61. The van der Waals surface area contributed by atoms with Gasteiger partial charge in [0.15, 0.2) is 0 Å². The Morgan fingerprint density at radius 3 is 3.00 bits per heavy atom. The number of rotatable bonds is 4. The minimum Gasteiger partial charge on any atom is -0.377 e. The van der Waals surface area contributed by atoms with Crippen LogP contribution >= 0.6 is 0 Å². The number of aryl methyl sites for hydroxylation is 1. The van der Waals surface area contributed by atoms with Crippen molar-refractivity contribution in [1.82, 2.24) is 4.90 Å². The maximum absolute atomic E-state index is 12.6. The van der Waals surface area contributed by atoms with Gasteiger partial charge in [0.25, 0.3) is 0 Å². The molecule has 1 aliphatic carbocycles. The van der Waals surface area contributed by atoms with Gasteiger partial charge in [0.05, 0.1) is 18.2 Å². The largest absolute Gasteiger partial charge is 0.377 e. The van der Waals surface area contributed by atoms with Gasteiger partial charge in [0, 0.05) is 32.5 Å². The topological polar surface area (TPSA) is 50.8 Å². The van der Waals surface area contributed by atoms with E-state index in [4.69, 9.17) is 9.47 Å². The van der Waals surface area contributed by atoms with E-state index < -0.39 is 0 Å². The quantitative estimate of drug-likeness (QED) is 0.899. The smallest absolute Gasteiger partial charge is 0.238 e. The highest BCUT2D eigenvalue weighted by Crippen LogP contribution is 2.37. The van der Waals surface area contributed by atoms with Gasteiger partial charge in [0.1, 0.15) is 0 Å². The molecular weight excluding hydrogens is 328 g/mol. The lowest BCUT2D eigenvalue weighted by molar-refractivity contribution is -0.145. The average Bonchev–Trinajstić information content (AvgIpc) is 3.13. The number of nitrogens with one attached hydrogen (secondary N) is 1. The summed E-state index contributed by atoms with van der Waals surface area (Å²) in [6.45, 7) is 2.90. The number of benzene rings is 1. The van der Waals surface area contributed by atoms with Crippen molar-refractivity contribution in [2.24, 2.45) is 0 Å². The van der Waals surface area contributed by atoms with E-state index in [1.54, 1.807) is 7.11 Å². The van der Waals surface area contributed by atoms with Crippen LogP contribution in [-0.4, -0.2) is 55.9 Å². The van der Waals surface area contributed by atoms with Gasteiger partial charge in [-0.25, -0.2) is 0 Å². The average molecular weight is 358 g/mol. The Morgan fingerprint density at radius 2 is 2.19 bits per heavy atom. The van der Waals surface area contributed by atoms with Crippen molar-refractivity contribution in [3.05, 3.63) is 29.3 Å². The lowest BCUT2D eigenvalue weighted by Crippen LogP contribution is -2.57. The molecule has 2 fully saturated rings. The van der Waals surface area contributed by atoms with Gasteiger partial charge in [-0.2, -0.15) is 0 Å². The third-order valence-corrected chi connectivity index (χ3v) is 6.32. The van der Waals surface area contributed by atoms with Gasteiger partial charge in [-0.15, -0.1) is 0 Å². The lowest BCUT2D eigenvalue weighted by atomic mass is 9.86. The molecule has 2 atom stereocenters. The number of likely N-dealkylation sites (tertiary alicyclic amines) is 1. The Bertz CT molecular complexity index is 655. The van der Waals surface area contributed by atoms with Crippen molar-refractivity contribution in [3.8, 4) is 0 Å². The van der Waals surface area contributed by atoms with Crippen molar-refractivity contribution in [3.63, 3.8) is 0 Å². The minimum absolute atomic E-state index is 0.0519. The number of anilines is 1. The van der Waals surface area contributed by atoms with E-state index >= 15 is 0 Å². The van der Waals surface area contributed by atoms with Crippen LogP contribution in [0.4, 0.5) is 5.69 Å². The molecule has 1 aromatic carbocycles. The van der Waals surface area contributed by atoms with E-state index in [1.165, 1.54) is 24.0 Å². The molecule has 5 nitrogen and oxygen atoms in total. The number of ether oxygens (including phenoxy) is 2. The molecule has 0 unspecified atom stereocenters. The van der Waals surface area contributed by atoms with Crippen molar-refractivity contribution in [2.75, 3.05) is 38.7 Å². The third-order valence-electron chi connectivity index (χ3n) is 6.32. The zero-order valence-corrected chi connectivity index (χ0v) is 15.8. The SMILES string of the molecule is CO[C@@H]1CN(CC(=O)Nc2cccc3c2CCCC3)CC[C@@]12CCCO2. The number of nitrogens with zero attached hydrogens (tertiary/aromatic N) is 1. The first kappa shape index (κ1) is 18.0. The molecule has 0 radical (unpaired) electrons. The summed E-state index contributed by atoms with van der Waals surface area (Å²) in [5, 5.41) is 3.16. The summed E-state index contributed by atoms with van der Waals surface area (Å²) in [6.07, 6.45) is 7.84. The molecule has 1 spiro atoms. The first-order valence-electron chi connectivity index (χ1n) is 10.00. The number of carbonyl (C=O) groups is 1. The van der Waals surface area contributed by atoms with E-state index in [2.05, 4.69) is 22.3 Å². The number of hydrogen-bond acceptors (Lipinski definition) is 4. The standard InChI is InChI=1S/C21H30N2O3/c1-25-19-14-23(12-11-21(19)10-5-13-26-21)15-20(24)22-18-9-4-7-16-6-2-3-8-17(16)18/h4,7,9,19H,2-3,5-6,8,10-15H2,1H3,(H,22,24)/t19-,21+/m1/s1. The highest BCUT2D eigenvalue weighted by atomic mass is 16.5. The van der Waals surface area contributed by atoms with Crippen molar-refractivity contribution < 1.29 is 14.3 Å². The van der Waals surface area contributed by atoms with E-state index in [1.807, 2.05) is 6.07 Å². The van der Waals surface area contributed by atoms with E-state index in [0.717, 1.165) is 57.5 Å². The Balaban J connectivity index is 1.37. The summed E-state index contributed by atoms with van der Waals surface area (Å²) in [5.74, 6) is 0.0714. The van der Waals surface area contributed by atoms with Crippen LogP contribution in [-0.2, 0) is 27.1 Å². The van der Waals surface area contributed by atoms with Gasteiger partial charge >= 0.3 is 0 Å². The van der Waals surface area contributed by atoms with Crippen LogP contribution in [0.25, 0.3) is 0 Å². The molecule has 3 aliphatic rings. The number of carbonyl (C=O) groups excluding carboxylic acids is 1. The summed E-state index contributed by atoms with van der Waals surface area (Å²) in [6, 6.07) is 6.29. The molecule has 26 heavy (non-hydrogen) atoms. The van der Waals surface area contributed by atoms with E-state index in [-0.39, 0.29) is 17.6 Å². The number of piperidine rings is 1. The fourth-order valence-corrected chi connectivity index (χ4v) is 4.89. The second-order valence-electron chi connectivity index (χ2n) is 7.92. The van der Waals surface area contributed by atoms with Gasteiger partial charge in [0.2, 0.25) is 5.91 Å². The van der Waals surface area contributed by atoms with Crippen LogP contribution in [0.5, 0.6) is 0 Å². The van der Waals surface area contributed by atoms with Crippen molar-refractivity contribution in [2.45, 2.75) is 56.7 Å². The van der Waals surface area contributed by atoms with Crippen molar-refractivity contribution >= 4 is 11.6 Å². The molecule has 0 aromatic heterocycles. The van der Waals surface area contributed by atoms with Gasteiger partial charge in [-0.1, -0.05) is 12.1 Å². The lowest BCUT2D eigenvalue weighted by Gasteiger charge is -2.44. The molecule has 0 saturated carbocycles. The van der Waals surface area contributed by atoms with E-state index in [0.29, 0.717) is 6.54 Å². The zero-order valence-electron chi connectivity index (χ0n) is 15.8. The maximum atomic E-state index is 12.6. The highest BCUT2D eigenvalue weighted by Gasteiger charge is 2.46. The summed E-state index contributed by atoms with van der Waals surface area (Å²) in [4.78, 5) is 14.8. The molecule has 5 heteroatoms. The number of methoxy groups -OCH3 is 1.